The topological polar surface area (TPSA) is 96.0 Å². The van der Waals surface area contributed by atoms with Crippen molar-refractivity contribution < 1.29 is 22.7 Å². The molecule has 0 aliphatic rings. The molecule has 0 unspecified atom stereocenters. The van der Waals surface area contributed by atoms with Crippen molar-refractivity contribution in [3.8, 4) is 5.75 Å². The lowest BCUT2D eigenvalue weighted by molar-refractivity contribution is -0.140. The summed E-state index contributed by atoms with van der Waals surface area (Å²) in [6.45, 7) is 5.94. The number of nitrogens with one attached hydrogen (secondary N) is 1. The lowest BCUT2D eigenvalue weighted by Crippen LogP contribution is -2.53. The van der Waals surface area contributed by atoms with Gasteiger partial charge in [-0.1, -0.05) is 103 Å². The zero-order valence-electron chi connectivity index (χ0n) is 27.0. The first-order chi connectivity index (χ1) is 22.1. The van der Waals surface area contributed by atoms with Gasteiger partial charge in [0.1, 0.15) is 18.3 Å². The van der Waals surface area contributed by atoms with Gasteiger partial charge in [-0.2, -0.15) is 0 Å². The zero-order valence-corrected chi connectivity index (χ0v) is 27.8. The van der Waals surface area contributed by atoms with Crippen LogP contribution in [0.15, 0.2) is 108 Å². The van der Waals surface area contributed by atoms with E-state index in [-0.39, 0.29) is 29.5 Å². The zero-order chi connectivity index (χ0) is 33.1. The van der Waals surface area contributed by atoms with E-state index in [9.17, 15) is 18.0 Å². The first-order valence-electron chi connectivity index (χ1n) is 15.5. The predicted molar refractivity (Wildman–Crippen MR) is 182 cm³/mol. The third-order valence-electron chi connectivity index (χ3n) is 7.82. The van der Waals surface area contributed by atoms with Crippen LogP contribution in [0.5, 0.6) is 5.75 Å². The van der Waals surface area contributed by atoms with Crippen molar-refractivity contribution in [1.29, 1.82) is 0 Å². The summed E-state index contributed by atoms with van der Waals surface area (Å²) < 4.78 is 35.1. The summed E-state index contributed by atoms with van der Waals surface area (Å²) in [5, 5.41) is 3.01. The molecule has 0 fully saturated rings. The van der Waals surface area contributed by atoms with Gasteiger partial charge >= 0.3 is 0 Å². The minimum atomic E-state index is -4.23. The molecule has 2 amide bonds. The van der Waals surface area contributed by atoms with Crippen LogP contribution in [-0.4, -0.2) is 51.4 Å². The van der Waals surface area contributed by atoms with Gasteiger partial charge in [-0.25, -0.2) is 8.42 Å². The number of para-hydroxylation sites is 2. The molecule has 0 saturated heterocycles. The molecule has 0 aromatic heterocycles. The molecule has 4 rings (SSSR count). The summed E-state index contributed by atoms with van der Waals surface area (Å²) in [6, 6.07) is 29.6. The molecule has 46 heavy (non-hydrogen) atoms. The molecule has 0 aliphatic carbocycles. The Morgan fingerprint density at radius 3 is 2.04 bits per heavy atom. The van der Waals surface area contributed by atoms with E-state index in [4.69, 9.17) is 4.74 Å². The fraction of sp³-hybridized carbons (Fsp3) is 0.297. The number of unbranched alkanes of at least 4 members (excludes halogenated alkanes) is 1. The second-order valence-corrected chi connectivity index (χ2v) is 13.2. The van der Waals surface area contributed by atoms with Crippen molar-refractivity contribution in [2.75, 3.05) is 24.5 Å². The van der Waals surface area contributed by atoms with Crippen LogP contribution < -0.4 is 14.4 Å². The molecular formula is C37H43N3O5S. The van der Waals surface area contributed by atoms with E-state index in [0.29, 0.717) is 12.3 Å². The molecule has 4 aromatic carbocycles. The molecular weight excluding hydrogens is 598 g/mol. The van der Waals surface area contributed by atoms with Crippen LogP contribution >= 0.6 is 0 Å². The Balaban J connectivity index is 1.81. The summed E-state index contributed by atoms with van der Waals surface area (Å²) in [5.74, 6) is -0.508. The summed E-state index contributed by atoms with van der Waals surface area (Å²) in [6.07, 6.45) is 1.96. The van der Waals surface area contributed by atoms with Crippen molar-refractivity contribution >= 4 is 27.5 Å². The molecule has 4 aromatic rings. The highest BCUT2D eigenvalue weighted by Crippen LogP contribution is 2.32. The Morgan fingerprint density at radius 1 is 0.804 bits per heavy atom. The number of hydrogen-bond donors (Lipinski definition) is 1. The predicted octanol–water partition coefficient (Wildman–Crippen LogP) is 6.06. The van der Waals surface area contributed by atoms with Crippen LogP contribution in [0.25, 0.3) is 0 Å². The van der Waals surface area contributed by atoms with E-state index in [1.165, 1.54) is 24.1 Å². The third kappa shape index (κ3) is 8.75. The average molecular weight is 642 g/mol. The molecule has 1 atom stereocenters. The number of sulfonamides is 1. The molecule has 242 valence electrons. The lowest BCUT2D eigenvalue weighted by atomic mass is 10.0. The second kappa shape index (κ2) is 16.1. The van der Waals surface area contributed by atoms with Crippen molar-refractivity contribution in [3.63, 3.8) is 0 Å². The SMILES string of the molecule is CCCCNC(=O)[C@@H](Cc1ccccc1)N(Cc1ccc(C)cc1)C(=O)CN(c1ccccc1OC)S(=O)(=O)c1ccc(C)cc1. The van der Waals surface area contributed by atoms with Crippen molar-refractivity contribution in [2.45, 2.75) is 57.5 Å². The number of anilines is 1. The van der Waals surface area contributed by atoms with Gasteiger partial charge in [0.05, 0.1) is 17.7 Å². The Hall–Kier alpha value is -4.63. The van der Waals surface area contributed by atoms with Gasteiger partial charge in [-0.15, -0.1) is 0 Å². The van der Waals surface area contributed by atoms with E-state index < -0.39 is 28.5 Å². The first-order valence-corrected chi connectivity index (χ1v) is 17.0. The van der Waals surface area contributed by atoms with Gasteiger partial charge in [0.2, 0.25) is 11.8 Å². The summed E-state index contributed by atoms with van der Waals surface area (Å²) in [5.41, 5.74) is 3.89. The minimum absolute atomic E-state index is 0.0417. The maximum atomic E-state index is 14.6. The fourth-order valence-electron chi connectivity index (χ4n) is 5.14. The molecule has 0 bridgehead atoms. The van der Waals surface area contributed by atoms with Crippen LogP contribution in [0, 0.1) is 13.8 Å². The van der Waals surface area contributed by atoms with Gasteiger partial charge in [0.15, 0.2) is 0 Å². The molecule has 0 spiro atoms. The third-order valence-corrected chi connectivity index (χ3v) is 9.59. The lowest BCUT2D eigenvalue weighted by Gasteiger charge is -2.34. The van der Waals surface area contributed by atoms with Gasteiger partial charge in [-0.05, 0) is 55.7 Å². The van der Waals surface area contributed by atoms with E-state index >= 15 is 0 Å². The van der Waals surface area contributed by atoms with E-state index in [1.54, 1.807) is 36.4 Å². The van der Waals surface area contributed by atoms with E-state index in [1.807, 2.05) is 75.4 Å². The number of rotatable bonds is 15. The molecule has 0 saturated carbocycles. The quantitative estimate of drug-likeness (QED) is 0.159. The molecule has 0 radical (unpaired) electrons. The number of methoxy groups -OCH3 is 1. The second-order valence-electron chi connectivity index (χ2n) is 11.4. The van der Waals surface area contributed by atoms with Gasteiger partial charge in [-0.3, -0.25) is 13.9 Å². The highest BCUT2D eigenvalue weighted by Gasteiger charge is 2.35. The van der Waals surface area contributed by atoms with Gasteiger partial charge < -0.3 is 15.0 Å². The van der Waals surface area contributed by atoms with Crippen LogP contribution in [0.2, 0.25) is 0 Å². The number of ether oxygens (including phenoxy) is 1. The number of amides is 2. The molecule has 8 nitrogen and oxygen atoms in total. The Kier molecular flexibility index (Phi) is 12.0. The van der Waals surface area contributed by atoms with Crippen LogP contribution in [0.4, 0.5) is 5.69 Å². The summed E-state index contributed by atoms with van der Waals surface area (Å²) in [7, 11) is -2.77. The number of nitrogens with zero attached hydrogens (tertiary/aromatic N) is 2. The average Bonchev–Trinajstić information content (AvgIpc) is 3.06. The van der Waals surface area contributed by atoms with E-state index in [0.717, 1.165) is 39.4 Å². The maximum Gasteiger partial charge on any atom is 0.264 e. The summed E-state index contributed by atoms with van der Waals surface area (Å²) >= 11 is 0. The first kappa shape index (κ1) is 34.2. The largest absolute Gasteiger partial charge is 0.495 e. The van der Waals surface area contributed by atoms with Crippen LogP contribution in [0.3, 0.4) is 0 Å². The standard InChI is InChI=1S/C37H43N3O5S/c1-5-6-24-38-37(42)34(25-30-12-8-7-9-13-30)39(26-31-20-16-28(2)17-21-31)36(41)27-40(33-14-10-11-15-35(33)45-4)46(43,44)32-22-18-29(3)19-23-32/h7-23,34H,5-6,24-27H2,1-4H3,(H,38,42)/t34-/m1/s1. The van der Waals surface area contributed by atoms with Crippen LogP contribution in [0.1, 0.15) is 42.0 Å². The van der Waals surface area contributed by atoms with E-state index in [2.05, 4.69) is 5.32 Å². The Bertz CT molecular complexity index is 1690. The van der Waals surface area contributed by atoms with Gasteiger partial charge in [0.25, 0.3) is 10.0 Å². The Morgan fingerprint density at radius 2 is 1.41 bits per heavy atom. The fourth-order valence-corrected chi connectivity index (χ4v) is 6.56. The highest BCUT2D eigenvalue weighted by atomic mass is 32.2. The number of hydrogen-bond acceptors (Lipinski definition) is 5. The minimum Gasteiger partial charge on any atom is -0.495 e. The molecule has 0 heterocycles. The molecule has 0 aliphatic heterocycles. The number of aryl methyl sites for hydroxylation is 2. The van der Waals surface area contributed by atoms with Crippen LogP contribution in [-0.2, 0) is 32.6 Å². The maximum absolute atomic E-state index is 14.6. The molecule has 1 N–H and O–H groups in total. The van der Waals surface area contributed by atoms with Crippen molar-refractivity contribution in [3.05, 3.63) is 125 Å². The van der Waals surface area contributed by atoms with Crippen molar-refractivity contribution in [1.82, 2.24) is 10.2 Å². The normalized spacial score (nSPS) is 11.8. The Labute approximate surface area is 273 Å². The van der Waals surface area contributed by atoms with Crippen molar-refractivity contribution in [2.24, 2.45) is 0 Å². The monoisotopic (exact) mass is 641 g/mol. The van der Waals surface area contributed by atoms with Gasteiger partial charge in [0, 0.05) is 19.5 Å². The highest BCUT2D eigenvalue weighted by molar-refractivity contribution is 7.92. The molecule has 9 heteroatoms. The summed E-state index contributed by atoms with van der Waals surface area (Å²) in [4.78, 5) is 30.0. The number of benzene rings is 4. The number of carbonyl (C=O) groups excluding carboxylic acids is 2. The smallest absolute Gasteiger partial charge is 0.264 e. The number of carbonyl (C=O) groups is 2.